The first-order chi connectivity index (χ1) is 7.47. The standard InChI is InChI=1S/C11H16N2O3/c1-6-4-7(9(13)2-3-12)10(14)8(5-6)11(15)16/h4-5,9,14H,2-3,12-13H2,1H3,(H,15,16)/t9-/m1/s1. The van der Waals surface area contributed by atoms with Crippen LogP contribution in [0.2, 0.25) is 0 Å². The third-order valence-electron chi connectivity index (χ3n) is 2.39. The van der Waals surface area contributed by atoms with Crippen molar-refractivity contribution in [1.82, 2.24) is 0 Å². The molecule has 0 aliphatic carbocycles. The van der Waals surface area contributed by atoms with E-state index in [0.717, 1.165) is 5.56 Å². The summed E-state index contributed by atoms with van der Waals surface area (Å²) in [6.45, 7) is 2.14. The molecule has 0 heterocycles. The van der Waals surface area contributed by atoms with Crippen LogP contribution >= 0.6 is 0 Å². The fraction of sp³-hybridized carbons (Fsp3) is 0.364. The van der Waals surface area contributed by atoms with Gasteiger partial charge in [0.1, 0.15) is 11.3 Å². The van der Waals surface area contributed by atoms with Gasteiger partial charge in [0.25, 0.3) is 0 Å². The Balaban J connectivity index is 3.23. The Bertz CT molecular complexity index is 404. The van der Waals surface area contributed by atoms with Crippen LogP contribution in [-0.2, 0) is 0 Å². The van der Waals surface area contributed by atoms with Crippen molar-refractivity contribution < 1.29 is 15.0 Å². The molecule has 0 radical (unpaired) electrons. The lowest BCUT2D eigenvalue weighted by Crippen LogP contribution is -2.16. The lowest BCUT2D eigenvalue weighted by atomic mass is 9.97. The highest BCUT2D eigenvalue weighted by molar-refractivity contribution is 5.91. The number of aromatic hydroxyl groups is 1. The Hall–Kier alpha value is -1.59. The Morgan fingerprint density at radius 2 is 2.12 bits per heavy atom. The monoisotopic (exact) mass is 224 g/mol. The van der Waals surface area contributed by atoms with E-state index in [4.69, 9.17) is 16.6 Å². The number of carboxylic acids is 1. The van der Waals surface area contributed by atoms with E-state index < -0.39 is 12.0 Å². The summed E-state index contributed by atoms with van der Waals surface area (Å²) < 4.78 is 0. The minimum atomic E-state index is -1.16. The summed E-state index contributed by atoms with van der Waals surface area (Å²) in [7, 11) is 0. The predicted octanol–water partition coefficient (Wildman–Crippen LogP) is 0.747. The summed E-state index contributed by atoms with van der Waals surface area (Å²) in [5.41, 5.74) is 12.2. The van der Waals surface area contributed by atoms with Gasteiger partial charge in [-0.25, -0.2) is 4.79 Å². The number of rotatable bonds is 4. The number of carbonyl (C=O) groups is 1. The van der Waals surface area contributed by atoms with Gasteiger partial charge in [0, 0.05) is 11.6 Å². The van der Waals surface area contributed by atoms with Gasteiger partial charge in [-0.1, -0.05) is 6.07 Å². The maximum absolute atomic E-state index is 10.9. The number of nitrogens with two attached hydrogens (primary N) is 2. The van der Waals surface area contributed by atoms with Crippen molar-refractivity contribution in [2.75, 3.05) is 6.54 Å². The van der Waals surface area contributed by atoms with Crippen LogP contribution in [0.4, 0.5) is 0 Å². The van der Waals surface area contributed by atoms with Gasteiger partial charge < -0.3 is 21.7 Å². The number of benzene rings is 1. The number of hydrogen-bond donors (Lipinski definition) is 4. The van der Waals surface area contributed by atoms with E-state index in [1.807, 2.05) is 0 Å². The first-order valence-electron chi connectivity index (χ1n) is 4.99. The fourth-order valence-electron chi connectivity index (χ4n) is 1.59. The van der Waals surface area contributed by atoms with E-state index in [2.05, 4.69) is 0 Å². The molecule has 0 aliphatic heterocycles. The zero-order valence-electron chi connectivity index (χ0n) is 9.10. The van der Waals surface area contributed by atoms with Gasteiger partial charge in [-0.05, 0) is 31.5 Å². The molecule has 0 saturated heterocycles. The first-order valence-corrected chi connectivity index (χ1v) is 4.99. The molecular formula is C11H16N2O3. The van der Waals surface area contributed by atoms with E-state index >= 15 is 0 Å². The lowest BCUT2D eigenvalue weighted by Gasteiger charge is -2.15. The molecule has 0 aliphatic rings. The Morgan fingerprint density at radius 3 is 2.62 bits per heavy atom. The Labute approximate surface area is 93.7 Å². The quantitative estimate of drug-likeness (QED) is 0.603. The van der Waals surface area contributed by atoms with Crippen molar-refractivity contribution in [2.45, 2.75) is 19.4 Å². The van der Waals surface area contributed by atoms with Crippen LogP contribution in [0.5, 0.6) is 5.75 Å². The van der Waals surface area contributed by atoms with Crippen LogP contribution < -0.4 is 11.5 Å². The van der Waals surface area contributed by atoms with Crippen molar-refractivity contribution in [3.05, 3.63) is 28.8 Å². The SMILES string of the molecule is Cc1cc(C(=O)O)c(O)c([C@H](N)CCN)c1. The van der Waals surface area contributed by atoms with Gasteiger partial charge in [0.2, 0.25) is 0 Å². The normalized spacial score (nSPS) is 12.4. The smallest absolute Gasteiger partial charge is 0.339 e. The molecular weight excluding hydrogens is 208 g/mol. The summed E-state index contributed by atoms with van der Waals surface area (Å²) in [6.07, 6.45) is 0.496. The zero-order chi connectivity index (χ0) is 12.3. The van der Waals surface area contributed by atoms with Crippen molar-refractivity contribution in [2.24, 2.45) is 11.5 Å². The summed E-state index contributed by atoms with van der Waals surface area (Å²) in [5, 5.41) is 18.7. The van der Waals surface area contributed by atoms with Gasteiger partial charge >= 0.3 is 5.97 Å². The second-order valence-electron chi connectivity index (χ2n) is 3.74. The molecule has 5 nitrogen and oxygen atoms in total. The Kier molecular flexibility index (Phi) is 3.87. The summed E-state index contributed by atoms with van der Waals surface area (Å²) in [6, 6.07) is 2.65. The highest BCUT2D eigenvalue weighted by Crippen LogP contribution is 2.29. The van der Waals surface area contributed by atoms with Crippen LogP contribution in [0.15, 0.2) is 12.1 Å². The molecule has 1 rings (SSSR count). The maximum Gasteiger partial charge on any atom is 0.339 e. The van der Waals surface area contributed by atoms with E-state index in [9.17, 15) is 9.90 Å². The van der Waals surface area contributed by atoms with Gasteiger partial charge in [0.15, 0.2) is 0 Å². The number of carboxylic acid groups (broad SMARTS) is 1. The van der Waals surface area contributed by atoms with Crippen LogP contribution in [0.1, 0.15) is 33.9 Å². The molecule has 1 aromatic rings. The Morgan fingerprint density at radius 1 is 1.50 bits per heavy atom. The van der Waals surface area contributed by atoms with Gasteiger partial charge in [-0.2, -0.15) is 0 Å². The molecule has 0 spiro atoms. The van der Waals surface area contributed by atoms with Crippen LogP contribution in [0.25, 0.3) is 0 Å². The topological polar surface area (TPSA) is 110 Å². The van der Waals surface area contributed by atoms with Crippen molar-refractivity contribution in [1.29, 1.82) is 0 Å². The number of phenols is 1. The number of aryl methyl sites for hydroxylation is 1. The minimum absolute atomic E-state index is 0.123. The largest absolute Gasteiger partial charge is 0.507 e. The molecule has 1 atom stereocenters. The van der Waals surface area contributed by atoms with Crippen LogP contribution in [0.3, 0.4) is 0 Å². The van der Waals surface area contributed by atoms with E-state index in [-0.39, 0.29) is 11.3 Å². The minimum Gasteiger partial charge on any atom is -0.507 e. The van der Waals surface area contributed by atoms with Gasteiger partial charge in [-0.15, -0.1) is 0 Å². The summed E-state index contributed by atoms with van der Waals surface area (Å²) in [5.74, 6) is -1.43. The molecule has 0 saturated carbocycles. The third-order valence-corrected chi connectivity index (χ3v) is 2.39. The van der Waals surface area contributed by atoms with Crippen LogP contribution in [-0.4, -0.2) is 22.7 Å². The molecule has 0 fully saturated rings. The van der Waals surface area contributed by atoms with Crippen molar-refractivity contribution >= 4 is 5.97 Å². The third kappa shape index (κ3) is 2.50. The number of aromatic carboxylic acids is 1. The molecule has 16 heavy (non-hydrogen) atoms. The highest BCUT2D eigenvalue weighted by Gasteiger charge is 2.18. The molecule has 0 bridgehead atoms. The zero-order valence-corrected chi connectivity index (χ0v) is 9.10. The number of hydrogen-bond acceptors (Lipinski definition) is 4. The maximum atomic E-state index is 10.9. The lowest BCUT2D eigenvalue weighted by molar-refractivity contribution is 0.0693. The molecule has 0 unspecified atom stereocenters. The first kappa shape index (κ1) is 12.5. The van der Waals surface area contributed by atoms with Crippen LogP contribution in [0, 0.1) is 6.92 Å². The summed E-state index contributed by atoms with van der Waals surface area (Å²) in [4.78, 5) is 10.9. The second-order valence-corrected chi connectivity index (χ2v) is 3.74. The average Bonchev–Trinajstić information content (AvgIpc) is 2.20. The molecule has 5 heteroatoms. The predicted molar refractivity (Wildman–Crippen MR) is 60.4 cm³/mol. The van der Waals surface area contributed by atoms with Gasteiger partial charge in [-0.3, -0.25) is 0 Å². The van der Waals surface area contributed by atoms with Gasteiger partial charge in [0.05, 0.1) is 0 Å². The van der Waals surface area contributed by atoms with E-state index in [1.54, 1.807) is 13.0 Å². The fourth-order valence-corrected chi connectivity index (χ4v) is 1.59. The summed E-state index contributed by atoms with van der Waals surface area (Å²) >= 11 is 0. The van der Waals surface area contributed by atoms with E-state index in [1.165, 1.54) is 6.07 Å². The van der Waals surface area contributed by atoms with E-state index in [0.29, 0.717) is 18.5 Å². The van der Waals surface area contributed by atoms with Crippen molar-refractivity contribution in [3.8, 4) is 5.75 Å². The molecule has 0 amide bonds. The highest BCUT2D eigenvalue weighted by atomic mass is 16.4. The van der Waals surface area contributed by atoms with Crippen molar-refractivity contribution in [3.63, 3.8) is 0 Å². The molecule has 6 N–H and O–H groups in total. The molecule has 88 valence electrons. The molecule has 0 aromatic heterocycles. The molecule has 1 aromatic carbocycles. The average molecular weight is 224 g/mol. The second kappa shape index (κ2) is 4.96.